The number of rotatable bonds is 6. The van der Waals surface area contributed by atoms with Crippen LogP contribution in [-0.2, 0) is 6.42 Å². The molecule has 1 aliphatic rings. The van der Waals surface area contributed by atoms with E-state index in [-0.39, 0.29) is 6.61 Å². The number of likely N-dealkylation sites (tertiary alicyclic amines) is 1. The summed E-state index contributed by atoms with van der Waals surface area (Å²) in [5, 5.41) is 22.2. The molecule has 0 spiro atoms. The molecular weight excluding hydrogens is 402 g/mol. The molecule has 166 valence electrons. The Hall–Kier alpha value is -3.10. The van der Waals surface area contributed by atoms with Crippen molar-refractivity contribution in [1.82, 2.24) is 34.8 Å². The summed E-state index contributed by atoms with van der Waals surface area (Å²) in [4.78, 5) is 11.8. The van der Waals surface area contributed by atoms with Gasteiger partial charge in [0.25, 0.3) is 0 Å². The number of fused-ring (bicyclic) bond motifs is 1. The Kier molecular flexibility index (Phi) is 5.71. The van der Waals surface area contributed by atoms with Crippen molar-refractivity contribution in [1.29, 1.82) is 0 Å². The zero-order valence-electron chi connectivity index (χ0n) is 18.6. The quantitative estimate of drug-likeness (QED) is 0.486. The summed E-state index contributed by atoms with van der Waals surface area (Å²) in [6.45, 7) is 6.93. The number of hydrogen-bond acceptors (Lipinski definition) is 6. The van der Waals surface area contributed by atoms with Crippen LogP contribution >= 0.6 is 0 Å². The zero-order valence-corrected chi connectivity index (χ0v) is 18.6. The minimum absolute atomic E-state index is 0.0960. The molecule has 1 aliphatic heterocycles. The second-order valence-corrected chi connectivity index (χ2v) is 8.79. The van der Waals surface area contributed by atoms with Crippen LogP contribution in [0.15, 0.2) is 42.9 Å². The first-order valence-electron chi connectivity index (χ1n) is 11.3. The molecule has 0 atom stereocenters. The average molecular weight is 432 g/mol. The largest absolute Gasteiger partial charge is 0.396 e. The van der Waals surface area contributed by atoms with Gasteiger partial charge in [-0.15, -0.1) is 0 Å². The van der Waals surface area contributed by atoms with Crippen molar-refractivity contribution in [2.45, 2.75) is 45.1 Å². The lowest BCUT2D eigenvalue weighted by Gasteiger charge is -2.34. The number of nitrogens with one attached hydrogen (secondary N) is 1. The van der Waals surface area contributed by atoms with Crippen LogP contribution in [0.25, 0.3) is 28.2 Å². The number of piperidine rings is 1. The molecule has 8 nitrogen and oxygen atoms in total. The number of aromatic amines is 1. The van der Waals surface area contributed by atoms with E-state index in [1.54, 1.807) is 17.1 Å². The van der Waals surface area contributed by atoms with Crippen LogP contribution in [0.3, 0.4) is 0 Å². The highest BCUT2D eigenvalue weighted by atomic mass is 16.3. The van der Waals surface area contributed by atoms with Gasteiger partial charge < -0.3 is 10.0 Å². The number of aliphatic hydroxyl groups excluding tert-OH is 1. The lowest BCUT2D eigenvalue weighted by Crippen LogP contribution is -2.37. The van der Waals surface area contributed by atoms with Crippen LogP contribution in [0.5, 0.6) is 0 Å². The molecular formula is C24H29N7O. The van der Waals surface area contributed by atoms with Crippen LogP contribution < -0.4 is 0 Å². The van der Waals surface area contributed by atoms with Crippen LogP contribution in [0.2, 0.25) is 0 Å². The fourth-order valence-corrected chi connectivity index (χ4v) is 4.54. The van der Waals surface area contributed by atoms with E-state index < -0.39 is 0 Å². The van der Waals surface area contributed by atoms with Gasteiger partial charge in [0.2, 0.25) is 0 Å². The second-order valence-electron chi connectivity index (χ2n) is 8.79. The predicted molar refractivity (Wildman–Crippen MR) is 124 cm³/mol. The third kappa shape index (κ3) is 4.03. The highest BCUT2D eigenvalue weighted by Gasteiger charge is 2.23. The van der Waals surface area contributed by atoms with E-state index in [4.69, 9.17) is 10.1 Å². The van der Waals surface area contributed by atoms with Gasteiger partial charge in [0.15, 0.2) is 11.6 Å². The van der Waals surface area contributed by atoms with Gasteiger partial charge in [-0.1, -0.05) is 6.07 Å². The third-order valence-corrected chi connectivity index (χ3v) is 6.44. The van der Waals surface area contributed by atoms with Gasteiger partial charge >= 0.3 is 0 Å². The fraction of sp³-hybridized carbons (Fsp3) is 0.417. The molecule has 0 bridgehead atoms. The van der Waals surface area contributed by atoms with Crippen molar-refractivity contribution < 1.29 is 5.11 Å². The van der Waals surface area contributed by atoms with Gasteiger partial charge in [0, 0.05) is 36.5 Å². The Morgan fingerprint density at radius 1 is 1.19 bits per heavy atom. The van der Waals surface area contributed by atoms with Crippen molar-refractivity contribution in [3.63, 3.8) is 0 Å². The maximum atomic E-state index is 9.15. The molecule has 8 heteroatoms. The summed E-state index contributed by atoms with van der Waals surface area (Å²) >= 11 is 0. The molecule has 0 aliphatic carbocycles. The maximum Gasteiger partial charge on any atom is 0.182 e. The van der Waals surface area contributed by atoms with Crippen molar-refractivity contribution >= 4 is 10.9 Å². The molecule has 5 rings (SSSR count). The molecule has 0 saturated carbocycles. The van der Waals surface area contributed by atoms with Gasteiger partial charge in [0.05, 0.1) is 11.7 Å². The van der Waals surface area contributed by atoms with Crippen LogP contribution in [0.4, 0.5) is 0 Å². The molecule has 3 aromatic heterocycles. The van der Waals surface area contributed by atoms with E-state index in [9.17, 15) is 0 Å². The van der Waals surface area contributed by atoms with E-state index in [2.05, 4.69) is 57.2 Å². The van der Waals surface area contributed by atoms with Crippen LogP contribution in [0, 0.1) is 0 Å². The molecule has 32 heavy (non-hydrogen) atoms. The van der Waals surface area contributed by atoms with E-state index in [1.807, 2.05) is 12.3 Å². The minimum Gasteiger partial charge on any atom is -0.396 e. The zero-order chi connectivity index (χ0) is 22.1. The number of H-pyrrole nitrogens is 1. The Morgan fingerprint density at radius 3 is 2.81 bits per heavy atom. The van der Waals surface area contributed by atoms with Crippen LogP contribution in [0.1, 0.15) is 43.7 Å². The first-order valence-corrected chi connectivity index (χ1v) is 11.3. The smallest absolute Gasteiger partial charge is 0.182 e. The number of nitrogens with zero attached hydrogens (tertiary/aromatic N) is 6. The lowest BCUT2D eigenvalue weighted by molar-refractivity contribution is 0.172. The van der Waals surface area contributed by atoms with Crippen molar-refractivity contribution in [2.75, 3.05) is 19.7 Å². The molecule has 1 saturated heterocycles. The van der Waals surface area contributed by atoms with E-state index in [1.165, 1.54) is 18.4 Å². The fourth-order valence-electron chi connectivity index (χ4n) is 4.54. The Bertz CT molecular complexity index is 1200. The summed E-state index contributed by atoms with van der Waals surface area (Å²) < 4.78 is 1.71. The van der Waals surface area contributed by atoms with E-state index >= 15 is 0 Å². The Morgan fingerprint density at radius 2 is 2.03 bits per heavy atom. The molecule has 0 amide bonds. The first kappa shape index (κ1) is 20.8. The summed E-state index contributed by atoms with van der Waals surface area (Å²) in [6.07, 6.45) is 8.29. The van der Waals surface area contributed by atoms with Crippen LogP contribution in [-0.4, -0.2) is 65.7 Å². The summed E-state index contributed by atoms with van der Waals surface area (Å²) in [7, 11) is 0. The highest BCUT2D eigenvalue weighted by Crippen LogP contribution is 2.33. The van der Waals surface area contributed by atoms with Gasteiger partial charge in [-0.2, -0.15) is 10.2 Å². The van der Waals surface area contributed by atoms with Gasteiger partial charge in [-0.25, -0.2) is 14.6 Å². The highest BCUT2D eigenvalue weighted by molar-refractivity contribution is 5.91. The molecule has 1 aromatic carbocycles. The topological polar surface area (TPSA) is 95.8 Å². The number of aliphatic hydroxyl groups is 1. The van der Waals surface area contributed by atoms with Crippen molar-refractivity contribution in [2.24, 2.45) is 0 Å². The summed E-state index contributed by atoms with van der Waals surface area (Å²) in [6, 6.07) is 9.03. The number of benzene rings is 1. The minimum atomic E-state index is 0.0960. The molecule has 2 N–H and O–H groups in total. The van der Waals surface area contributed by atoms with Gasteiger partial charge in [-0.3, -0.25) is 5.10 Å². The second kappa shape index (κ2) is 8.80. The standard InChI is InChI=1S/C24H29N7O/c1-16(2)30-10-6-18(7-11-30)19-3-4-21-20(13-19)23(29-28-21)24-25-9-5-22(27-24)31-15-17(8-12-32)14-26-31/h3-5,9,13-16,18,32H,6-8,10-12H2,1-2H3,(H,28,29). The normalized spacial score (nSPS) is 15.8. The molecule has 4 heterocycles. The Labute approximate surface area is 187 Å². The molecule has 0 unspecified atom stereocenters. The lowest BCUT2D eigenvalue weighted by atomic mass is 9.88. The third-order valence-electron chi connectivity index (χ3n) is 6.44. The number of hydrogen-bond donors (Lipinski definition) is 2. The number of aromatic nitrogens is 6. The molecule has 1 fully saturated rings. The predicted octanol–water partition coefficient (Wildman–Crippen LogP) is 3.33. The molecule has 0 radical (unpaired) electrons. The maximum absolute atomic E-state index is 9.15. The van der Waals surface area contributed by atoms with Gasteiger partial charge in [0.1, 0.15) is 5.69 Å². The van der Waals surface area contributed by atoms with E-state index in [0.29, 0.717) is 30.0 Å². The monoisotopic (exact) mass is 431 g/mol. The summed E-state index contributed by atoms with van der Waals surface area (Å²) in [5.74, 6) is 1.81. The van der Waals surface area contributed by atoms with E-state index in [0.717, 1.165) is 35.2 Å². The molecule has 4 aromatic rings. The average Bonchev–Trinajstić information content (AvgIpc) is 3.46. The van der Waals surface area contributed by atoms with Gasteiger partial charge in [-0.05, 0) is 75.4 Å². The SMILES string of the molecule is CC(C)N1CCC(c2ccc3[nH]nc(-c4nccc(-n5cc(CCO)cn5)n4)c3c2)CC1. The van der Waals surface area contributed by atoms with Crippen molar-refractivity contribution in [3.05, 3.63) is 54.0 Å². The summed E-state index contributed by atoms with van der Waals surface area (Å²) in [5.41, 5.74) is 4.07. The first-order chi connectivity index (χ1) is 15.6. The Balaban J connectivity index is 1.44. The van der Waals surface area contributed by atoms with Crippen molar-refractivity contribution in [3.8, 4) is 17.3 Å².